The lowest BCUT2D eigenvalue weighted by molar-refractivity contribution is -0.116. The van der Waals surface area contributed by atoms with Gasteiger partial charge in [0, 0.05) is 11.6 Å². The summed E-state index contributed by atoms with van der Waals surface area (Å²) in [6, 6.07) is 13.4. The second-order valence-corrected chi connectivity index (χ2v) is 6.89. The van der Waals surface area contributed by atoms with Crippen molar-refractivity contribution in [3.8, 4) is 17.2 Å². The van der Waals surface area contributed by atoms with Crippen molar-refractivity contribution in [3.63, 3.8) is 0 Å². The molecule has 0 saturated carbocycles. The number of amides is 1. The second kappa shape index (κ2) is 9.82. The van der Waals surface area contributed by atoms with E-state index in [1.807, 2.05) is 50.2 Å². The van der Waals surface area contributed by atoms with Crippen molar-refractivity contribution < 1.29 is 19.0 Å². The highest BCUT2D eigenvalue weighted by Crippen LogP contribution is 2.31. The molecule has 7 heteroatoms. The van der Waals surface area contributed by atoms with Crippen molar-refractivity contribution in [1.29, 1.82) is 0 Å². The van der Waals surface area contributed by atoms with Crippen molar-refractivity contribution in [3.05, 3.63) is 65.4 Å². The number of carbonyl (C=O) groups excluding carboxylic acids is 1. The Bertz CT molecular complexity index is 993. The van der Waals surface area contributed by atoms with Gasteiger partial charge in [-0.15, -0.1) is 0 Å². The van der Waals surface area contributed by atoms with Crippen molar-refractivity contribution in [2.75, 3.05) is 26.1 Å². The molecule has 0 atom stereocenters. The van der Waals surface area contributed by atoms with Crippen LogP contribution in [-0.4, -0.2) is 36.5 Å². The van der Waals surface area contributed by atoms with Crippen LogP contribution in [0.1, 0.15) is 23.1 Å². The molecule has 0 saturated heterocycles. The van der Waals surface area contributed by atoms with Gasteiger partial charge in [-0.25, -0.2) is 4.68 Å². The van der Waals surface area contributed by atoms with Crippen molar-refractivity contribution >= 4 is 11.7 Å². The Morgan fingerprint density at radius 1 is 1.00 bits per heavy atom. The average molecular weight is 409 g/mol. The Kier molecular flexibility index (Phi) is 6.95. The van der Waals surface area contributed by atoms with E-state index < -0.39 is 0 Å². The SMILES string of the molecule is COc1cccc(Cn2nccc2NC(=O)CCOc2c(C)cccc2C)c1OC. The molecule has 0 aliphatic rings. The second-order valence-electron chi connectivity index (χ2n) is 6.89. The third-order valence-corrected chi connectivity index (χ3v) is 4.77. The molecule has 7 nitrogen and oxygen atoms in total. The average Bonchev–Trinajstić information content (AvgIpc) is 3.16. The highest BCUT2D eigenvalue weighted by Gasteiger charge is 2.13. The topological polar surface area (TPSA) is 74.6 Å². The molecule has 158 valence electrons. The zero-order chi connectivity index (χ0) is 21.5. The van der Waals surface area contributed by atoms with Crippen molar-refractivity contribution in [2.24, 2.45) is 0 Å². The van der Waals surface area contributed by atoms with Crippen LogP contribution in [0.15, 0.2) is 48.7 Å². The summed E-state index contributed by atoms with van der Waals surface area (Å²) in [7, 11) is 3.20. The normalized spacial score (nSPS) is 10.5. The zero-order valence-corrected chi connectivity index (χ0v) is 17.8. The Hall–Kier alpha value is -3.48. The number of benzene rings is 2. The number of aromatic nitrogens is 2. The number of carbonyl (C=O) groups is 1. The van der Waals surface area contributed by atoms with Crippen LogP contribution in [-0.2, 0) is 11.3 Å². The number of hydrogen-bond donors (Lipinski definition) is 1. The first kappa shape index (κ1) is 21.2. The molecular weight excluding hydrogens is 382 g/mol. The van der Waals surface area contributed by atoms with Crippen LogP contribution >= 0.6 is 0 Å². The van der Waals surface area contributed by atoms with Crippen LogP contribution < -0.4 is 19.5 Å². The molecule has 1 aromatic heterocycles. The molecule has 0 aliphatic heterocycles. The minimum atomic E-state index is -0.138. The first-order chi connectivity index (χ1) is 14.5. The number of hydrogen-bond acceptors (Lipinski definition) is 5. The quantitative estimate of drug-likeness (QED) is 0.579. The molecule has 3 rings (SSSR count). The number of anilines is 1. The molecule has 0 radical (unpaired) electrons. The van der Waals surface area contributed by atoms with Crippen LogP contribution in [0.5, 0.6) is 17.2 Å². The summed E-state index contributed by atoms with van der Waals surface area (Å²) in [4.78, 5) is 12.4. The molecule has 2 aromatic carbocycles. The third-order valence-electron chi connectivity index (χ3n) is 4.77. The van der Waals surface area contributed by atoms with Gasteiger partial charge in [0.15, 0.2) is 11.5 Å². The maximum Gasteiger partial charge on any atom is 0.228 e. The first-order valence-electron chi connectivity index (χ1n) is 9.74. The van der Waals surface area contributed by atoms with Gasteiger partial charge in [0.1, 0.15) is 11.6 Å². The summed E-state index contributed by atoms with van der Waals surface area (Å²) in [5, 5.41) is 7.22. The number of ether oxygens (including phenoxy) is 3. The summed E-state index contributed by atoms with van der Waals surface area (Å²) < 4.78 is 18.4. The summed E-state index contributed by atoms with van der Waals surface area (Å²) in [5.41, 5.74) is 3.01. The predicted molar refractivity (Wildman–Crippen MR) is 116 cm³/mol. The number of methoxy groups -OCH3 is 2. The molecule has 0 fully saturated rings. The lowest BCUT2D eigenvalue weighted by Gasteiger charge is -2.14. The van der Waals surface area contributed by atoms with E-state index in [4.69, 9.17) is 14.2 Å². The van der Waals surface area contributed by atoms with E-state index in [1.165, 1.54) is 0 Å². The Morgan fingerprint density at radius 2 is 1.73 bits per heavy atom. The summed E-state index contributed by atoms with van der Waals surface area (Å²) in [6.45, 7) is 4.72. The molecule has 0 unspecified atom stereocenters. The van der Waals surface area contributed by atoms with Crippen LogP contribution in [0, 0.1) is 13.8 Å². The van der Waals surface area contributed by atoms with E-state index in [-0.39, 0.29) is 12.3 Å². The van der Waals surface area contributed by atoms with Gasteiger partial charge in [-0.05, 0) is 31.0 Å². The minimum Gasteiger partial charge on any atom is -0.493 e. The molecular formula is C23H27N3O4. The molecule has 30 heavy (non-hydrogen) atoms. The van der Waals surface area contributed by atoms with Gasteiger partial charge in [-0.1, -0.05) is 30.3 Å². The van der Waals surface area contributed by atoms with E-state index in [9.17, 15) is 4.79 Å². The highest BCUT2D eigenvalue weighted by atomic mass is 16.5. The van der Waals surface area contributed by atoms with Gasteiger partial charge in [-0.3, -0.25) is 4.79 Å². The minimum absolute atomic E-state index is 0.138. The largest absolute Gasteiger partial charge is 0.493 e. The molecule has 1 amide bonds. The number of nitrogens with zero attached hydrogens (tertiary/aromatic N) is 2. The molecule has 0 aliphatic carbocycles. The number of aryl methyl sites for hydroxylation is 2. The fourth-order valence-corrected chi connectivity index (χ4v) is 3.28. The van der Waals surface area contributed by atoms with E-state index >= 15 is 0 Å². The smallest absolute Gasteiger partial charge is 0.228 e. The van der Waals surface area contributed by atoms with Gasteiger partial charge in [-0.2, -0.15) is 5.10 Å². The van der Waals surface area contributed by atoms with E-state index in [1.54, 1.807) is 31.2 Å². The van der Waals surface area contributed by atoms with E-state index in [0.29, 0.717) is 30.5 Å². The van der Waals surface area contributed by atoms with Crippen molar-refractivity contribution in [1.82, 2.24) is 9.78 Å². The summed E-state index contributed by atoms with van der Waals surface area (Å²) in [5.74, 6) is 2.60. The number of rotatable bonds is 9. The highest BCUT2D eigenvalue weighted by molar-refractivity contribution is 5.89. The maximum absolute atomic E-state index is 12.4. The van der Waals surface area contributed by atoms with Crippen molar-refractivity contribution in [2.45, 2.75) is 26.8 Å². The molecule has 3 aromatic rings. The molecule has 0 bridgehead atoms. The van der Waals surface area contributed by atoms with Crippen LogP contribution in [0.2, 0.25) is 0 Å². The van der Waals surface area contributed by atoms with Gasteiger partial charge >= 0.3 is 0 Å². The van der Waals surface area contributed by atoms with Gasteiger partial charge in [0.05, 0.1) is 40.0 Å². The van der Waals surface area contributed by atoms with Gasteiger partial charge in [0.2, 0.25) is 5.91 Å². The summed E-state index contributed by atoms with van der Waals surface area (Å²) in [6.07, 6.45) is 1.89. The Balaban J connectivity index is 1.61. The lowest BCUT2D eigenvalue weighted by Crippen LogP contribution is -2.18. The fraction of sp³-hybridized carbons (Fsp3) is 0.304. The number of nitrogens with one attached hydrogen (secondary N) is 1. The van der Waals surface area contributed by atoms with Crippen LogP contribution in [0.25, 0.3) is 0 Å². The molecule has 0 spiro atoms. The van der Waals surface area contributed by atoms with Crippen LogP contribution in [0.3, 0.4) is 0 Å². The Morgan fingerprint density at radius 3 is 2.43 bits per heavy atom. The third kappa shape index (κ3) is 4.92. The fourth-order valence-electron chi connectivity index (χ4n) is 3.28. The maximum atomic E-state index is 12.4. The standard InChI is InChI=1S/C23H27N3O4/c1-16-7-5-8-17(2)22(16)30-14-12-21(27)25-20-11-13-24-26(20)15-18-9-6-10-19(28-3)23(18)29-4/h5-11,13H,12,14-15H2,1-4H3,(H,25,27). The Labute approximate surface area is 176 Å². The monoisotopic (exact) mass is 409 g/mol. The van der Waals surface area contributed by atoms with Crippen LogP contribution in [0.4, 0.5) is 5.82 Å². The number of para-hydroxylation sites is 2. The summed E-state index contributed by atoms with van der Waals surface area (Å²) >= 11 is 0. The molecule has 1 heterocycles. The predicted octanol–water partition coefficient (Wildman–Crippen LogP) is 3.97. The van der Waals surface area contributed by atoms with Gasteiger partial charge < -0.3 is 19.5 Å². The molecule has 1 N–H and O–H groups in total. The van der Waals surface area contributed by atoms with Gasteiger partial charge in [0.25, 0.3) is 0 Å². The van der Waals surface area contributed by atoms with E-state index in [2.05, 4.69) is 10.4 Å². The van der Waals surface area contributed by atoms with E-state index in [0.717, 1.165) is 22.4 Å². The first-order valence-corrected chi connectivity index (χ1v) is 9.74. The zero-order valence-electron chi connectivity index (χ0n) is 17.8. The lowest BCUT2D eigenvalue weighted by atomic mass is 10.1.